The minimum absolute atomic E-state index is 0.913. The number of H-pyrrole nitrogens is 1. The third-order valence-corrected chi connectivity index (χ3v) is 3.45. The van der Waals surface area contributed by atoms with Gasteiger partial charge in [0.2, 0.25) is 0 Å². The topological polar surface area (TPSA) is 75.2 Å². The number of nitrogens with one attached hydrogen (secondary N) is 1. The Bertz CT molecular complexity index is 678. The number of rotatable bonds is 1. The summed E-state index contributed by atoms with van der Waals surface area (Å²) in [5, 5.41) is 0. The van der Waals surface area contributed by atoms with E-state index in [1.807, 2.05) is 32.4 Å². The van der Waals surface area contributed by atoms with E-state index in [-0.39, 0.29) is 0 Å². The molecule has 114 valence electrons. The van der Waals surface area contributed by atoms with Crippen LogP contribution in [0.15, 0.2) is 24.7 Å². The van der Waals surface area contributed by atoms with Crippen molar-refractivity contribution in [2.24, 2.45) is 5.73 Å². The highest BCUT2D eigenvalue weighted by Crippen LogP contribution is 2.24. The smallest absolute Gasteiger partial charge is 0.157 e. The second-order valence-electron chi connectivity index (χ2n) is 4.47. The summed E-state index contributed by atoms with van der Waals surface area (Å²) >= 11 is 0. The van der Waals surface area contributed by atoms with Crippen molar-refractivity contribution in [1.29, 1.82) is 0 Å². The van der Waals surface area contributed by atoms with E-state index in [1.165, 1.54) is 25.7 Å². The van der Waals surface area contributed by atoms with Crippen LogP contribution < -0.4 is 10.6 Å². The number of nitrogens with zero attached hydrogens (tertiary/aromatic N) is 4. The predicted octanol–water partition coefficient (Wildman–Crippen LogP) is 2.41. The molecule has 4 rings (SSSR count). The van der Waals surface area contributed by atoms with Crippen LogP contribution in [-0.4, -0.2) is 39.5 Å². The molecular formula is C15H24N6. The average Bonchev–Trinajstić information content (AvgIpc) is 3.29. The normalized spacial score (nSPS) is 13.8. The van der Waals surface area contributed by atoms with E-state index in [0.717, 1.165) is 29.9 Å². The van der Waals surface area contributed by atoms with Gasteiger partial charge >= 0.3 is 0 Å². The maximum Gasteiger partial charge on any atom is 0.157 e. The molecule has 0 amide bonds. The van der Waals surface area contributed by atoms with Crippen LogP contribution in [0, 0.1) is 0 Å². The zero-order valence-electron chi connectivity index (χ0n) is 13.0. The summed E-state index contributed by atoms with van der Waals surface area (Å²) in [5.41, 5.74) is 7.43. The SMILES string of the molecule is CC.CN.c1cc2c(ncc3ncc(N4CCCC4)n32)[nH]1. The minimum atomic E-state index is 0.913. The first kappa shape index (κ1) is 15.3. The Morgan fingerprint density at radius 1 is 1.10 bits per heavy atom. The van der Waals surface area contributed by atoms with Gasteiger partial charge < -0.3 is 15.6 Å². The molecule has 0 radical (unpaired) electrons. The molecule has 1 saturated heterocycles. The lowest BCUT2D eigenvalue weighted by atomic mass is 10.4. The zero-order valence-corrected chi connectivity index (χ0v) is 13.0. The van der Waals surface area contributed by atoms with E-state index in [1.54, 1.807) is 0 Å². The summed E-state index contributed by atoms with van der Waals surface area (Å²) in [4.78, 5) is 14.3. The highest BCUT2D eigenvalue weighted by atomic mass is 15.3. The fourth-order valence-corrected chi connectivity index (χ4v) is 2.62. The Kier molecular flexibility index (Phi) is 5.16. The second kappa shape index (κ2) is 7.08. The molecule has 3 aromatic rings. The molecule has 0 aromatic carbocycles. The van der Waals surface area contributed by atoms with Crippen LogP contribution in [0.5, 0.6) is 0 Å². The molecule has 4 heterocycles. The number of imidazole rings is 1. The third-order valence-electron chi connectivity index (χ3n) is 3.45. The maximum absolute atomic E-state index is 4.50. The molecule has 0 aliphatic carbocycles. The van der Waals surface area contributed by atoms with Gasteiger partial charge in [-0.25, -0.2) is 9.97 Å². The Morgan fingerprint density at radius 2 is 1.81 bits per heavy atom. The van der Waals surface area contributed by atoms with Crippen molar-refractivity contribution < 1.29 is 0 Å². The molecule has 3 aromatic heterocycles. The number of fused-ring (bicyclic) bond motifs is 3. The summed E-state index contributed by atoms with van der Waals surface area (Å²) < 4.78 is 2.18. The number of hydrogen-bond donors (Lipinski definition) is 2. The van der Waals surface area contributed by atoms with E-state index in [2.05, 4.69) is 36.1 Å². The number of aromatic amines is 1. The van der Waals surface area contributed by atoms with Crippen LogP contribution in [0.2, 0.25) is 0 Å². The fraction of sp³-hybridized carbons (Fsp3) is 0.467. The summed E-state index contributed by atoms with van der Waals surface area (Å²) in [5.74, 6) is 1.18. The summed E-state index contributed by atoms with van der Waals surface area (Å²) in [7, 11) is 1.50. The summed E-state index contributed by atoms with van der Waals surface area (Å²) in [6.07, 6.45) is 8.24. The van der Waals surface area contributed by atoms with Crippen LogP contribution in [0.3, 0.4) is 0 Å². The highest BCUT2D eigenvalue weighted by molar-refractivity contribution is 5.77. The van der Waals surface area contributed by atoms with Crippen molar-refractivity contribution >= 4 is 22.6 Å². The summed E-state index contributed by atoms with van der Waals surface area (Å²) in [6, 6.07) is 2.05. The molecule has 0 spiro atoms. The number of hydrogen-bond acceptors (Lipinski definition) is 4. The third kappa shape index (κ3) is 2.71. The van der Waals surface area contributed by atoms with E-state index in [0.29, 0.717) is 0 Å². The lowest BCUT2D eigenvalue weighted by molar-refractivity contribution is 0.932. The van der Waals surface area contributed by atoms with Crippen LogP contribution in [-0.2, 0) is 0 Å². The molecule has 0 atom stereocenters. The Morgan fingerprint density at radius 3 is 2.52 bits per heavy atom. The molecule has 0 bridgehead atoms. The van der Waals surface area contributed by atoms with Crippen molar-refractivity contribution in [1.82, 2.24) is 19.4 Å². The molecule has 6 heteroatoms. The van der Waals surface area contributed by atoms with E-state index >= 15 is 0 Å². The van der Waals surface area contributed by atoms with Gasteiger partial charge in [0.05, 0.1) is 17.9 Å². The molecule has 21 heavy (non-hydrogen) atoms. The van der Waals surface area contributed by atoms with Gasteiger partial charge in [-0.2, -0.15) is 0 Å². The number of nitrogens with two attached hydrogens (primary N) is 1. The van der Waals surface area contributed by atoms with E-state index < -0.39 is 0 Å². The van der Waals surface area contributed by atoms with E-state index in [9.17, 15) is 0 Å². The average molecular weight is 288 g/mol. The molecular weight excluding hydrogens is 264 g/mol. The van der Waals surface area contributed by atoms with Crippen LogP contribution in [0.1, 0.15) is 26.7 Å². The van der Waals surface area contributed by atoms with Gasteiger partial charge in [-0.3, -0.25) is 4.40 Å². The predicted molar refractivity (Wildman–Crippen MR) is 87.8 cm³/mol. The zero-order chi connectivity index (χ0) is 15.2. The largest absolute Gasteiger partial charge is 0.356 e. The molecule has 3 N–H and O–H groups in total. The minimum Gasteiger partial charge on any atom is -0.356 e. The van der Waals surface area contributed by atoms with Crippen molar-refractivity contribution in [2.45, 2.75) is 26.7 Å². The van der Waals surface area contributed by atoms with Crippen molar-refractivity contribution in [2.75, 3.05) is 25.0 Å². The summed E-state index contributed by atoms with van der Waals surface area (Å²) in [6.45, 7) is 6.25. The van der Waals surface area contributed by atoms with E-state index in [4.69, 9.17) is 0 Å². The molecule has 0 unspecified atom stereocenters. The Balaban J connectivity index is 0.000000374. The van der Waals surface area contributed by atoms with Crippen molar-refractivity contribution in [3.05, 3.63) is 24.7 Å². The lowest BCUT2D eigenvalue weighted by Gasteiger charge is -2.16. The molecule has 6 nitrogen and oxygen atoms in total. The fourth-order valence-electron chi connectivity index (χ4n) is 2.62. The lowest BCUT2D eigenvalue weighted by Crippen LogP contribution is -2.19. The van der Waals surface area contributed by atoms with Gasteiger partial charge in [0.25, 0.3) is 0 Å². The van der Waals surface area contributed by atoms with Crippen LogP contribution >= 0.6 is 0 Å². The van der Waals surface area contributed by atoms with Crippen LogP contribution in [0.25, 0.3) is 16.8 Å². The number of aromatic nitrogens is 4. The first-order valence-corrected chi connectivity index (χ1v) is 7.56. The number of anilines is 1. The van der Waals surface area contributed by atoms with Gasteiger partial charge in [0.15, 0.2) is 11.3 Å². The van der Waals surface area contributed by atoms with Crippen molar-refractivity contribution in [3.8, 4) is 0 Å². The quantitative estimate of drug-likeness (QED) is 0.721. The second-order valence-corrected chi connectivity index (χ2v) is 4.47. The monoisotopic (exact) mass is 288 g/mol. The van der Waals surface area contributed by atoms with Gasteiger partial charge in [-0.05, 0) is 26.0 Å². The van der Waals surface area contributed by atoms with Crippen LogP contribution in [0.4, 0.5) is 5.82 Å². The van der Waals surface area contributed by atoms with Crippen molar-refractivity contribution in [3.63, 3.8) is 0 Å². The van der Waals surface area contributed by atoms with Gasteiger partial charge in [0.1, 0.15) is 5.82 Å². The first-order valence-electron chi connectivity index (χ1n) is 7.56. The first-order chi connectivity index (χ1) is 10.4. The highest BCUT2D eigenvalue weighted by Gasteiger charge is 2.17. The molecule has 1 aliphatic rings. The maximum atomic E-state index is 4.50. The standard InChI is InChI=1S/C12H13N5.C2H6.CH5N/c1-2-6-16(5-1)11-8-14-10-7-15-12-9(17(10)11)3-4-13-12;2*1-2/h3-4,7-8,13H,1-2,5-6H2;1-2H3;2H2,1H3. The Labute approximate surface area is 125 Å². The van der Waals surface area contributed by atoms with Gasteiger partial charge in [-0.1, -0.05) is 13.8 Å². The molecule has 1 aliphatic heterocycles. The van der Waals surface area contributed by atoms with Gasteiger partial charge in [-0.15, -0.1) is 0 Å². The Hall–Kier alpha value is -2.08. The van der Waals surface area contributed by atoms with Gasteiger partial charge in [0, 0.05) is 19.3 Å². The molecule has 1 fully saturated rings. The molecule has 0 saturated carbocycles.